The van der Waals surface area contributed by atoms with E-state index >= 15 is 0 Å². The quantitative estimate of drug-likeness (QED) is 0.391. The molecular weight excluding hydrogens is 130 g/mol. The van der Waals surface area contributed by atoms with Gasteiger partial charge in [0.15, 0.2) is 5.82 Å². The Morgan fingerprint density at radius 3 is 2.70 bits per heavy atom. The summed E-state index contributed by atoms with van der Waals surface area (Å²) in [6.45, 7) is 0. The summed E-state index contributed by atoms with van der Waals surface area (Å²) in [5, 5.41) is 2.83. The van der Waals surface area contributed by atoms with Gasteiger partial charge < -0.3 is 10.7 Å². The van der Waals surface area contributed by atoms with Gasteiger partial charge in [-0.25, -0.2) is 10.8 Å². The molecule has 0 saturated carbocycles. The Bertz CT molecular complexity index is 192. The van der Waals surface area contributed by atoms with Gasteiger partial charge in [-0.1, -0.05) is 0 Å². The molecule has 1 heterocycles. The second-order valence-corrected chi connectivity index (χ2v) is 1.68. The molecule has 4 N–H and O–H groups in total. The average molecular weight is 139 g/mol. The molecule has 0 fully saturated rings. The molecule has 0 aliphatic carbocycles. The Labute approximate surface area is 58.6 Å². The molecule has 54 valence electrons. The third-order valence-electron chi connectivity index (χ3n) is 1.04. The van der Waals surface area contributed by atoms with Crippen LogP contribution in [0.15, 0.2) is 12.4 Å². The molecule has 0 amide bonds. The highest BCUT2D eigenvalue weighted by Crippen LogP contribution is 2.02. The molecular formula is C5H9N5. The monoisotopic (exact) mass is 139 g/mol. The van der Waals surface area contributed by atoms with Crippen molar-refractivity contribution >= 4 is 11.6 Å². The van der Waals surface area contributed by atoms with Gasteiger partial charge in [-0.15, -0.1) is 0 Å². The zero-order valence-electron chi connectivity index (χ0n) is 5.63. The smallest absolute Gasteiger partial charge is 0.160 e. The van der Waals surface area contributed by atoms with Crippen LogP contribution >= 0.6 is 0 Å². The number of aromatic nitrogens is 2. The van der Waals surface area contributed by atoms with Gasteiger partial charge in [0.1, 0.15) is 5.82 Å². The van der Waals surface area contributed by atoms with Crippen molar-refractivity contribution in [2.24, 2.45) is 5.84 Å². The molecule has 5 heteroatoms. The number of rotatable bonds is 2. The van der Waals surface area contributed by atoms with Crippen LogP contribution in [0.3, 0.4) is 0 Å². The average Bonchev–Trinajstić information content (AvgIpc) is 2.05. The number of nitrogen functional groups attached to an aromatic ring is 1. The maximum absolute atomic E-state index is 5.09. The standard InChI is InChI=1S/C5H9N5/c1-7-4-2-8-3-5(9-4)10-6/h2-3H,6H2,1H3,(H2,7,9,10). The summed E-state index contributed by atoms with van der Waals surface area (Å²) in [6.07, 6.45) is 3.15. The lowest BCUT2D eigenvalue weighted by Gasteiger charge is -2.00. The molecule has 0 bridgehead atoms. The lowest BCUT2D eigenvalue weighted by atomic mass is 10.6. The maximum Gasteiger partial charge on any atom is 0.160 e. The van der Waals surface area contributed by atoms with Crippen LogP contribution in [0.4, 0.5) is 11.6 Å². The number of hydrogen-bond donors (Lipinski definition) is 3. The van der Waals surface area contributed by atoms with Crippen LogP contribution < -0.4 is 16.6 Å². The first-order chi connectivity index (χ1) is 4.86. The predicted octanol–water partition coefficient (Wildman–Crippen LogP) is -0.196. The molecule has 1 rings (SSSR count). The van der Waals surface area contributed by atoms with E-state index in [9.17, 15) is 0 Å². The van der Waals surface area contributed by atoms with Crippen molar-refractivity contribution in [1.29, 1.82) is 0 Å². The first kappa shape index (κ1) is 6.76. The van der Waals surface area contributed by atoms with E-state index < -0.39 is 0 Å². The summed E-state index contributed by atoms with van der Waals surface area (Å²) < 4.78 is 0. The molecule has 0 unspecified atom stereocenters. The zero-order chi connectivity index (χ0) is 7.40. The van der Waals surface area contributed by atoms with E-state index in [4.69, 9.17) is 5.84 Å². The predicted molar refractivity (Wildman–Crippen MR) is 39.4 cm³/mol. The zero-order valence-corrected chi connectivity index (χ0v) is 5.63. The van der Waals surface area contributed by atoms with Gasteiger partial charge in [0.2, 0.25) is 0 Å². The van der Waals surface area contributed by atoms with E-state index in [1.807, 2.05) is 0 Å². The van der Waals surface area contributed by atoms with E-state index in [1.165, 1.54) is 0 Å². The van der Waals surface area contributed by atoms with Crippen molar-refractivity contribution in [2.75, 3.05) is 17.8 Å². The second-order valence-electron chi connectivity index (χ2n) is 1.68. The number of hydrogen-bond acceptors (Lipinski definition) is 5. The van der Waals surface area contributed by atoms with E-state index in [2.05, 4.69) is 20.7 Å². The minimum atomic E-state index is 0.548. The summed E-state index contributed by atoms with van der Waals surface area (Å²) >= 11 is 0. The normalized spacial score (nSPS) is 9.00. The Morgan fingerprint density at radius 1 is 1.40 bits per heavy atom. The molecule has 0 aromatic carbocycles. The number of nitrogens with one attached hydrogen (secondary N) is 2. The van der Waals surface area contributed by atoms with Crippen LogP contribution in [0.1, 0.15) is 0 Å². The largest absolute Gasteiger partial charge is 0.372 e. The van der Waals surface area contributed by atoms with E-state index in [0.29, 0.717) is 11.6 Å². The van der Waals surface area contributed by atoms with Gasteiger partial charge in [-0.05, 0) is 0 Å². The van der Waals surface area contributed by atoms with Crippen molar-refractivity contribution in [2.45, 2.75) is 0 Å². The number of nitrogens with zero attached hydrogens (tertiary/aromatic N) is 2. The van der Waals surface area contributed by atoms with Crippen LogP contribution in [0, 0.1) is 0 Å². The summed E-state index contributed by atoms with van der Waals surface area (Å²) in [5.74, 6) is 6.33. The lowest BCUT2D eigenvalue weighted by molar-refractivity contribution is 1.15. The number of hydrazine groups is 1. The second kappa shape index (κ2) is 2.98. The molecule has 0 saturated heterocycles. The highest BCUT2D eigenvalue weighted by molar-refractivity contribution is 5.39. The number of nitrogens with two attached hydrogens (primary N) is 1. The van der Waals surface area contributed by atoms with Crippen molar-refractivity contribution in [3.8, 4) is 0 Å². The van der Waals surface area contributed by atoms with Crippen LogP contribution in [0.25, 0.3) is 0 Å². The van der Waals surface area contributed by atoms with Gasteiger partial charge in [0.05, 0.1) is 12.4 Å². The van der Waals surface area contributed by atoms with Crippen molar-refractivity contribution in [3.05, 3.63) is 12.4 Å². The molecule has 1 aromatic heterocycles. The first-order valence-corrected chi connectivity index (χ1v) is 2.83. The van der Waals surface area contributed by atoms with Gasteiger partial charge in [0.25, 0.3) is 0 Å². The summed E-state index contributed by atoms with van der Waals surface area (Å²) in [6, 6.07) is 0. The van der Waals surface area contributed by atoms with Crippen LogP contribution in [0.2, 0.25) is 0 Å². The van der Waals surface area contributed by atoms with Gasteiger partial charge in [-0.2, -0.15) is 0 Å². The summed E-state index contributed by atoms with van der Waals surface area (Å²) in [5.41, 5.74) is 2.39. The van der Waals surface area contributed by atoms with Crippen LogP contribution in [-0.2, 0) is 0 Å². The topological polar surface area (TPSA) is 75.9 Å². The molecule has 5 nitrogen and oxygen atoms in total. The van der Waals surface area contributed by atoms with Crippen molar-refractivity contribution in [3.63, 3.8) is 0 Å². The first-order valence-electron chi connectivity index (χ1n) is 2.83. The fraction of sp³-hybridized carbons (Fsp3) is 0.200. The highest BCUT2D eigenvalue weighted by atomic mass is 15.3. The Hall–Kier alpha value is -1.36. The van der Waals surface area contributed by atoms with Gasteiger partial charge in [0, 0.05) is 7.05 Å². The fourth-order valence-electron chi connectivity index (χ4n) is 0.556. The van der Waals surface area contributed by atoms with Crippen LogP contribution in [0.5, 0.6) is 0 Å². The van der Waals surface area contributed by atoms with Crippen molar-refractivity contribution < 1.29 is 0 Å². The third-order valence-corrected chi connectivity index (χ3v) is 1.04. The molecule has 10 heavy (non-hydrogen) atoms. The van der Waals surface area contributed by atoms with E-state index in [-0.39, 0.29) is 0 Å². The number of anilines is 2. The third kappa shape index (κ3) is 1.32. The molecule has 1 aromatic rings. The van der Waals surface area contributed by atoms with E-state index in [1.54, 1.807) is 19.4 Å². The van der Waals surface area contributed by atoms with Gasteiger partial charge >= 0.3 is 0 Å². The van der Waals surface area contributed by atoms with E-state index in [0.717, 1.165) is 0 Å². The Balaban J connectivity index is 2.87. The van der Waals surface area contributed by atoms with Crippen LogP contribution in [-0.4, -0.2) is 17.0 Å². The SMILES string of the molecule is CNc1cncc(NN)n1. The summed E-state index contributed by atoms with van der Waals surface area (Å²) in [7, 11) is 1.77. The minimum Gasteiger partial charge on any atom is -0.372 e. The molecule has 0 radical (unpaired) electrons. The lowest BCUT2D eigenvalue weighted by Crippen LogP contribution is -2.09. The molecule has 0 spiro atoms. The highest BCUT2D eigenvalue weighted by Gasteiger charge is 1.91. The molecule has 0 aliphatic heterocycles. The fourth-order valence-corrected chi connectivity index (χ4v) is 0.556. The Morgan fingerprint density at radius 2 is 2.10 bits per heavy atom. The molecule has 0 aliphatic rings. The van der Waals surface area contributed by atoms with Crippen molar-refractivity contribution in [1.82, 2.24) is 9.97 Å². The summed E-state index contributed by atoms with van der Waals surface area (Å²) in [4.78, 5) is 7.86. The minimum absolute atomic E-state index is 0.548. The molecule has 0 atom stereocenters. The van der Waals surface area contributed by atoms with Gasteiger partial charge in [-0.3, -0.25) is 4.98 Å². The maximum atomic E-state index is 5.09. The Kier molecular flexibility index (Phi) is 2.01.